The Kier molecular flexibility index (Phi) is 4.88. The lowest BCUT2D eigenvalue weighted by Gasteiger charge is -2.09. The van der Waals surface area contributed by atoms with Crippen molar-refractivity contribution in [1.29, 1.82) is 0 Å². The molecule has 1 N–H and O–H groups in total. The van der Waals surface area contributed by atoms with Crippen molar-refractivity contribution in [1.82, 2.24) is 4.98 Å². The third-order valence-electron chi connectivity index (χ3n) is 3.21. The molecule has 0 aliphatic carbocycles. The van der Waals surface area contributed by atoms with Gasteiger partial charge in [0.25, 0.3) is 0 Å². The van der Waals surface area contributed by atoms with Crippen LogP contribution in [0.1, 0.15) is 21.7 Å². The molecular weight excluding hydrogens is 340 g/mol. The van der Waals surface area contributed by atoms with Gasteiger partial charge in [0.05, 0.1) is 20.3 Å². The zero-order valence-corrected chi connectivity index (χ0v) is 14.0. The lowest BCUT2D eigenvalue weighted by atomic mass is 10.2. The number of halogens is 1. The van der Waals surface area contributed by atoms with Crippen LogP contribution in [0.5, 0.6) is 11.5 Å². The molecule has 23 heavy (non-hydrogen) atoms. The van der Waals surface area contributed by atoms with E-state index in [0.29, 0.717) is 24.9 Å². The van der Waals surface area contributed by atoms with Crippen molar-refractivity contribution >= 4 is 34.0 Å². The summed E-state index contributed by atoms with van der Waals surface area (Å²) in [6.07, 6.45) is 0.871. The number of hydrogen-bond donors (Lipinski definition) is 1. The molecule has 0 atom stereocenters. The molecule has 1 aliphatic rings. The first-order valence-electron chi connectivity index (χ1n) is 7.04. The van der Waals surface area contributed by atoms with Crippen molar-refractivity contribution in [3.8, 4) is 11.5 Å². The molecule has 0 saturated heterocycles. The van der Waals surface area contributed by atoms with E-state index in [9.17, 15) is 4.79 Å². The summed E-state index contributed by atoms with van der Waals surface area (Å²) in [4.78, 5) is 15.9. The van der Waals surface area contributed by atoms with Gasteiger partial charge in [0.15, 0.2) is 26.7 Å². The van der Waals surface area contributed by atoms with Crippen molar-refractivity contribution in [2.75, 3.05) is 25.6 Å². The second-order valence-corrected chi connectivity index (χ2v) is 6.17. The van der Waals surface area contributed by atoms with Crippen LogP contribution in [0.2, 0.25) is 5.15 Å². The van der Waals surface area contributed by atoms with E-state index < -0.39 is 5.97 Å². The Bertz CT molecular complexity index is 719. The number of methoxy groups -OCH3 is 1. The Hall–Kier alpha value is -1.99. The topological polar surface area (TPSA) is 69.7 Å². The van der Waals surface area contributed by atoms with Gasteiger partial charge in [0.1, 0.15) is 0 Å². The lowest BCUT2D eigenvalue weighted by molar-refractivity contribution is 0.0606. The zero-order valence-electron chi connectivity index (χ0n) is 12.4. The van der Waals surface area contributed by atoms with E-state index in [-0.39, 0.29) is 10.0 Å². The second-order valence-electron chi connectivity index (χ2n) is 4.82. The largest absolute Gasteiger partial charge is 0.490 e. The van der Waals surface area contributed by atoms with Gasteiger partial charge in [-0.2, -0.15) is 0 Å². The van der Waals surface area contributed by atoms with Gasteiger partial charge in [0.2, 0.25) is 0 Å². The minimum atomic E-state index is -0.490. The molecule has 1 aromatic carbocycles. The number of esters is 1. The summed E-state index contributed by atoms with van der Waals surface area (Å²) in [5.41, 5.74) is 1.01. The number of thiazole rings is 1. The highest BCUT2D eigenvalue weighted by Crippen LogP contribution is 2.31. The second kappa shape index (κ2) is 7.06. The number of aromatic nitrogens is 1. The molecule has 2 aromatic rings. The van der Waals surface area contributed by atoms with Crippen molar-refractivity contribution in [2.24, 2.45) is 0 Å². The quantitative estimate of drug-likeness (QED) is 0.849. The van der Waals surface area contributed by atoms with Crippen LogP contribution >= 0.6 is 22.9 Å². The van der Waals surface area contributed by atoms with E-state index >= 15 is 0 Å². The molecule has 0 fully saturated rings. The maximum Gasteiger partial charge on any atom is 0.351 e. The van der Waals surface area contributed by atoms with Crippen LogP contribution in [-0.4, -0.2) is 31.3 Å². The van der Waals surface area contributed by atoms with E-state index in [2.05, 4.69) is 15.0 Å². The molecule has 3 rings (SSSR count). The monoisotopic (exact) mass is 354 g/mol. The Labute approximate surface area is 142 Å². The summed E-state index contributed by atoms with van der Waals surface area (Å²) in [5, 5.41) is 3.84. The fourth-order valence-corrected chi connectivity index (χ4v) is 3.19. The first-order valence-corrected chi connectivity index (χ1v) is 8.24. The normalized spacial score (nSPS) is 13.3. The van der Waals surface area contributed by atoms with Crippen molar-refractivity contribution in [3.05, 3.63) is 33.8 Å². The third kappa shape index (κ3) is 3.68. The van der Waals surface area contributed by atoms with E-state index in [0.717, 1.165) is 34.8 Å². The number of ether oxygens (including phenoxy) is 3. The van der Waals surface area contributed by atoms with Crippen molar-refractivity contribution in [2.45, 2.75) is 13.0 Å². The van der Waals surface area contributed by atoms with Gasteiger partial charge >= 0.3 is 5.97 Å². The Balaban J connectivity index is 1.69. The average molecular weight is 355 g/mol. The summed E-state index contributed by atoms with van der Waals surface area (Å²) in [7, 11) is 1.31. The molecule has 6 nitrogen and oxygen atoms in total. The van der Waals surface area contributed by atoms with Crippen LogP contribution in [0.4, 0.5) is 5.13 Å². The average Bonchev–Trinajstić information content (AvgIpc) is 2.79. The Morgan fingerprint density at radius 2 is 2.17 bits per heavy atom. The first-order chi connectivity index (χ1) is 11.2. The maximum absolute atomic E-state index is 11.5. The molecule has 1 aromatic heterocycles. The standard InChI is InChI=1S/C15H15ClN2O4S/c1-20-14(19)12-13(16)18-15(23-12)17-8-9-3-4-10-11(7-9)22-6-2-5-21-10/h3-4,7H,2,5-6,8H2,1H3,(H,17,18). The van der Waals surface area contributed by atoms with Crippen LogP contribution in [0.15, 0.2) is 18.2 Å². The highest BCUT2D eigenvalue weighted by Gasteiger charge is 2.17. The zero-order chi connectivity index (χ0) is 16.2. The molecule has 0 spiro atoms. The molecule has 1 aliphatic heterocycles. The number of carbonyl (C=O) groups is 1. The van der Waals surface area contributed by atoms with Crippen LogP contribution in [-0.2, 0) is 11.3 Å². The van der Waals surface area contributed by atoms with E-state index in [4.69, 9.17) is 21.1 Å². The number of nitrogens with one attached hydrogen (secondary N) is 1. The number of hydrogen-bond acceptors (Lipinski definition) is 7. The molecule has 0 amide bonds. The number of fused-ring (bicyclic) bond motifs is 1. The van der Waals surface area contributed by atoms with Crippen molar-refractivity contribution in [3.63, 3.8) is 0 Å². The van der Waals surface area contributed by atoms with E-state index in [1.165, 1.54) is 7.11 Å². The maximum atomic E-state index is 11.5. The molecule has 8 heteroatoms. The highest BCUT2D eigenvalue weighted by atomic mass is 35.5. The molecule has 0 radical (unpaired) electrons. The fourth-order valence-electron chi connectivity index (χ4n) is 2.09. The molecule has 2 heterocycles. The van der Waals surface area contributed by atoms with Crippen LogP contribution in [0.3, 0.4) is 0 Å². The van der Waals surface area contributed by atoms with Crippen LogP contribution in [0.25, 0.3) is 0 Å². The minimum Gasteiger partial charge on any atom is -0.490 e. The number of anilines is 1. The number of rotatable bonds is 4. The molecule has 122 valence electrons. The number of nitrogens with zero attached hydrogens (tertiary/aromatic N) is 1. The predicted octanol–water partition coefficient (Wildman–Crippen LogP) is 3.36. The fraction of sp³-hybridized carbons (Fsp3) is 0.333. The summed E-state index contributed by atoms with van der Waals surface area (Å²) in [6, 6.07) is 5.79. The molecule has 0 saturated carbocycles. The SMILES string of the molecule is COC(=O)c1sc(NCc2ccc3c(c2)OCCCO3)nc1Cl. The number of benzene rings is 1. The summed E-state index contributed by atoms with van der Waals surface area (Å²) in [6.45, 7) is 1.84. The smallest absolute Gasteiger partial charge is 0.351 e. The number of carbonyl (C=O) groups excluding carboxylic acids is 1. The highest BCUT2D eigenvalue weighted by molar-refractivity contribution is 7.18. The van der Waals surface area contributed by atoms with Gasteiger partial charge in [-0.25, -0.2) is 9.78 Å². The van der Waals surface area contributed by atoms with Gasteiger partial charge in [-0.1, -0.05) is 29.0 Å². The third-order valence-corrected chi connectivity index (χ3v) is 4.59. The predicted molar refractivity (Wildman–Crippen MR) is 87.8 cm³/mol. The Morgan fingerprint density at radius 3 is 2.96 bits per heavy atom. The summed E-state index contributed by atoms with van der Waals surface area (Å²) in [5.74, 6) is 1.02. The first kappa shape index (κ1) is 15.9. The van der Waals surface area contributed by atoms with Gasteiger partial charge in [0, 0.05) is 13.0 Å². The minimum absolute atomic E-state index is 0.142. The molecule has 0 unspecified atom stereocenters. The van der Waals surface area contributed by atoms with Gasteiger partial charge in [-0.05, 0) is 17.7 Å². The van der Waals surface area contributed by atoms with Crippen molar-refractivity contribution < 1.29 is 19.0 Å². The summed E-state index contributed by atoms with van der Waals surface area (Å²) >= 11 is 7.09. The Morgan fingerprint density at radius 1 is 1.39 bits per heavy atom. The molecule has 0 bridgehead atoms. The van der Waals surface area contributed by atoms with Gasteiger partial charge in [-0.3, -0.25) is 0 Å². The summed E-state index contributed by atoms with van der Waals surface area (Å²) < 4.78 is 15.9. The van der Waals surface area contributed by atoms with Gasteiger partial charge in [-0.15, -0.1) is 0 Å². The molecular formula is C15H15ClN2O4S. The van der Waals surface area contributed by atoms with E-state index in [1.54, 1.807) is 0 Å². The van der Waals surface area contributed by atoms with Crippen LogP contribution in [0, 0.1) is 0 Å². The van der Waals surface area contributed by atoms with E-state index in [1.807, 2.05) is 18.2 Å². The van der Waals surface area contributed by atoms with Gasteiger partial charge < -0.3 is 19.5 Å². The lowest BCUT2D eigenvalue weighted by Crippen LogP contribution is -2.00. The van der Waals surface area contributed by atoms with Crippen LogP contribution < -0.4 is 14.8 Å².